The molecule has 1 amide bonds. The van der Waals surface area contributed by atoms with Crippen LogP contribution in [0.25, 0.3) is 0 Å². The van der Waals surface area contributed by atoms with Gasteiger partial charge in [0.15, 0.2) is 0 Å². The first kappa shape index (κ1) is 22.2. The van der Waals surface area contributed by atoms with E-state index in [1.54, 1.807) is 0 Å². The van der Waals surface area contributed by atoms with Gasteiger partial charge < -0.3 is 15.5 Å². The minimum atomic E-state index is -0.213. The zero-order valence-corrected chi connectivity index (χ0v) is 15.6. The van der Waals surface area contributed by atoms with Crippen LogP contribution in [0.1, 0.15) is 30.9 Å². The van der Waals surface area contributed by atoms with Crippen LogP contribution in [-0.4, -0.2) is 49.4 Å². The van der Waals surface area contributed by atoms with E-state index in [0.717, 1.165) is 18.7 Å². The number of carbonyl (C=O) groups is 1. The Bertz CT molecular complexity index is 458. The van der Waals surface area contributed by atoms with Crippen LogP contribution in [0.15, 0.2) is 30.3 Å². The number of halogens is 2. The SMILES string of the molecule is CN1CCCC(CN(C)C(=O)CC(N)c2ccccc2)C1.Cl.Cl. The van der Waals surface area contributed by atoms with Gasteiger partial charge in [-0.15, -0.1) is 24.8 Å². The quantitative estimate of drug-likeness (QED) is 0.876. The van der Waals surface area contributed by atoms with Crippen LogP contribution in [0.5, 0.6) is 0 Å². The van der Waals surface area contributed by atoms with E-state index in [0.29, 0.717) is 12.3 Å². The van der Waals surface area contributed by atoms with E-state index in [-0.39, 0.29) is 36.8 Å². The Morgan fingerprint density at radius 2 is 2.00 bits per heavy atom. The van der Waals surface area contributed by atoms with Crippen LogP contribution < -0.4 is 5.73 Å². The van der Waals surface area contributed by atoms with Gasteiger partial charge in [0, 0.05) is 32.6 Å². The lowest BCUT2D eigenvalue weighted by atomic mass is 9.97. The molecule has 1 aromatic carbocycles. The Morgan fingerprint density at radius 1 is 1.35 bits per heavy atom. The van der Waals surface area contributed by atoms with Gasteiger partial charge in [-0.05, 0) is 37.9 Å². The van der Waals surface area contributed by atoms with Gasteiger partial charge in [0.05, 0.1) is 0 Å². The van der Waals surface area contributed by atoms with E-state index in [2.05, 4.69) is 11.9 Å². The second-order valence-corrected chi connectivity index (χ2v) is 6.27. The normalized spacial score (nSPS) is 19.2. The molecule has 0 radical (unpaired) electrons. The number of rotatable bonds is 5. The molecule has 4 nitrogen and oxygen atoms in total. The summed E-state index contributed by atoms with van der Waals surface area (Å²) in [5, 5.41) is 0. The summed E-state index contributed by atoms with van der Waals surface area (Å²) in [6.45, 7) is 3.10. The predicted molar refractivity (Wildman–Crippen MR) is 100 cm³/mol. The second-order valence-electron chi connectivity index (χ2n) is 6.27. The maximum absolute atomic E-state index is 12.3. The Labute approximate surface area is 152 Å². The summed E-state index contributed by atoms with van der Waals surface area (Å²) < 4.78 is 0. The number of carbonyl (C=O) groups excluding carboxylic acids is 1. The summed E-state index contributed by atoms with van der Waals surface area (Å²) in [6, 6.07) is 9.63. The van der Waals surface area contributed by atoms with Crippen LogP contribution in [0.2, 0.25) is 0 Å². The number of nitrogens with two attached hydrogens (primary N) is 1. The summed E-state index contributed by atoms with van der Waals surface area (Å²) in [6.07, 6.45) is 2.82. The number of piperidine rings is 1. The molecule has 2 atom stereocenters. The van der Waals surface area contributed by atoms with Crippen LogP contribution in [0, 0.1) is 5.92 Å². The third-order valence-electron chi connectivity index (χ3n) is 4.30. The van der Waals surface area contributed by atoms with Crippen molar-refractivity contribution in [3.05, 3.63) is 35.9 Å². The van der Waals surface area contributed by atoms with Crippen molar-refractivity contribution in [1.82, 2.24) is 9.80 Å². The zero-order valence-electron chi connectivity index (χ0n) is 14.0. The summed E-state index contributed by atoms with van der Waals surface area (Å²) in [7, 11) is 4.05. The Balaban J connectivity index is 0.00000242. The fourth-order valence-electron chi connectivity index (χ4n) is 3.07. The van der Waals surface area contributed by atoms with Crippen molar-refractivity contribution in [2.75, 3.05) is 33.7 Å². The zero-order chi connectivity index (χ0) is 15.2. The Kier molecular flexibility index (Phi) is 10.5. The van der Waals surface area contributed by atoms with E-state index >= 15 is 0 Å². The molecular formula is C17H29Cl2N3O. The van der Waals surface area contributed by atoms with Gasteiger partial charge in [-0.2, -0.15) is 0 Å². The first-order chi connectivity index (χ1) is 10.1. The highest BCUT2D eigenvalue weighted by Gasteiger charge is 2.22. The molecule has 1 aliphatic rings. The lowest BCUT2D eigenvalue weighted by Gasteiger charge is -2.32. The number of hydrogen-bond acceptors (Lipinski definition) is 3. The number of amides is 1. The van der Waals surface area contributed by atoms with Crippen LogP contribution in [0.4, 0.5) is 0 Å². The first-order valence-electron chi connectivity index (χ1n) is 7.79. The van der Waals surface area contributed by atoms with E-state index in [4.69, 9.17) is 5.73 Å². The third-order valence-corrected chi connectivity index (χ3v) is 4.30. The standard InChI is InChI=1S/C17H27N3O.2ClH/c1-19-10-6-7-14(12-19)13-20(2)17(21)11-16(18)15-8-4-3-5-9-15;;/h3-5,8-9,14,16H,6-7,10-13,18H2,1-2H3;2*1H. The maximum atomic E-state index is 12.3. The fourth-order valence-corrected chi connectivity index (χ4v) is 3.07. The highest BCUT2D eigenvalue weighted by molar-refractivity contribution is 5.85. The molecule has 6 heteroatoms. The molecule has 0 bridgehead atoms. The number of nitrogens with zero attached hydrogens (tertiary/aromatic N) is 2. The van der Waals surface area contributed by atoms with Gasteiger partial charge in [-0.1, -0.05) is 30.3 Å². The Hall–Kier alpha value is -0.810. The molecular weight excluding hydrogens is 333 g/mol. The van der Waals surface area contributed by atoms with Crippen LogP contribution >= 0.6 is 24.8 Å². The largest absolute Gasteiger partial charge is 0.345 e. The molecule has 2 unspecified atom stereocenters. The minimum Gasteiger partial charge on any atom is -0.345 e. The number of likely N-dealkylation sites (tertiary alicyclic amines) is 1. The van der Waals surface area contributed by atoms with Gasteiger partial charge in [-0.25, -0.2) is 0 Å². The molecule has 132 valence electrons. The second kappa shape index (κ2) is 10.9. The molecule has 0 saturated carbocycles. The summed E-state index contributed by atoms with van der Waals surface area (Å²) in [5.74, 6) is 0.727. The molecule has 0 spiro atoms. The topological polar surface area (TPSA) is 49.6 Å². The average molecular weight is 362 g/mol. The molecule has 1 saturated heterocycles. The summed E-state index contributed by atoms with van der Waals surface area (Å²) in [4.78, 5) is 16.5. The van der Waals surface area contributed by atoms with E-state index in [1.165, 1.54) is 19.4 Å². The smallest absolute Gasteiger partial charge is 0.224 e. The molecule has 2 N–H and O–H groups in total. The van der Waals surface area contributed by atoms with Crippen LogP contribution in [-0.2, 0) is 4.79 Å². The number of benzene rings is 1. The van der Waals surface area contributed by atoms with Gasteiger partial charge >= 0.3 is 0 Å². The van der Waals surface area contributed by atoms with Crippen LogP contribution in [0.3, 0.4) is 0 Å². The number of hydrogen-bond donors (Lipinski definition) is 1. The van der Waals surface area contributed by atoms with Crippen molar-refractivity contribution in [2.45, 2.75) is 25.3 Å². The first-order valence-corrected chi connectivity index (χ1v) is 7.79. The average Bonchev–Trinajstić information content (AvgIpc) is 2.48. The van der Waals surface area contributed by atoms with Gasteiger partial charge in [0.25, 0.3) is 0 Å². The molecule has 0 aromatic heterocycles. The minimum absolute atomic E-state index is 0. The van der Waals surface area contributed by atoms with Gasteiger partial charge in [0.2, 0.25) is 5.91 Å². The predicted octanol–water partition coefficient (Wildman–Crippen LogP) is 2.72. The molecule has 1 fully saturated rings. The summed E-state index contributed by atoms with van der Waals surface area (Å²) >= 11 is 0. The van der Waals surface area contributed by atoms with E-state index < -0.39 is 0 Å². The van der Waals surface area contributed by atoms with Crippen molar-refractivity contribution in [3.63, 3.8) is 0 Å². The van der Waals surface area contributed by atoms with Crippen molar-refractivity contribution < 1.29 is 4.79 Å². The van der Waals surface area contributed by atoms with E-state index in [9.17, 15) is 4.79 Å². The molecule has 1 aromatic rings. The molecule has 23 heavy (non-hydrogen) atoms. The molecule has 1 aliphatic heterocycles. The van der Waals surface area contributed by atoms with Gasteiger partial charge in [-0.3, -0.25) is 4.79 Å². The van der Waals surface area contributed by atoms with Crippen molar-refractivity contribution in [3.8, 4) is 0 Å². The fraction of sp³-hybridized carbons (Fsp3) is 0.588. The molecule has 1 heterocycles. The highest BCUT2D eigenvalue weighted by Crippen LogP contribution is 2.18. The van der Waals surface area contributed by atoms with Crippen molar-refractivity contribution >= 4 is 30.7 Å². The lowest BCUT2D eigenvalue weighted by molar-refractivity contribution is -0.131. The Morgan fingerprint density at radius 3 is 2.61 bits per heavy atom. The molecule has 2 rings (SSSR count). The molecule has 0 aliphatic carbocycles. The van der Waals surface area contributed by atoms with E-state index in [1.807, 2.05) is 42.3 Å². The van der Waals surface area contributed by atoms with Crippen molar-refractivity contribution in [1.29, 1.82) is 0 Å². The van der Waals surface area contributed by atoms with Gasteiger partial charge in [0.1, 0.15) is 0 Å². The third kappa shape index (κ3) is 7.08. The highest BCUT2D eigenvalue weighted by atomic mass is 35.5. The summed E-state index contributed by atoms with van der Waals surface area (Å²) in [5.41, 5.74) is 7.16. The monoisotopic (exact) mass is 361 g/mol. The maximum Gasteiger partial charge on any atom is 0.224 e. The van der Waals surface area contributed by atoms with Crippen molar-refractivity contribution in [2.24, 2.45) is 11.7 Å². The lowest BCUT2D eigenvalue weighted by Crippen LogP contribution is -2.40.